The lowest BCUT2D eigenvalue weighted by molar-refractivity contribution is 0.151. The van der Waals surface area contributed by atoms with Crippen LogP contribution in [0, 0.1) is 5.41 Å². The summed E-state index contributed by atoms with van der Waals surface area (Å²) in [6.45, 7) is 8.12. The minimum Gasteiger partial charge on any atom is -0.314 e. The second kappa shape index (κ2) is 3.57. The summed E-state index contributed by atoms with van der Waals surface area (Å²) in [6.07, 6.45) is 5.54. The third kappa shape index (κ3) is 2.48. The van der Waals surface area contributed by atoms with Crippen LogP contribution in [0.15, 0.2) is 0 Å². The van der Waals surface area contributed by atoms with E-state index in [-0.39, 0.29) is 0 Å². The highest BCUT2D eigenvalue weighted by atomic mass is 14.9. The van der Waals surface area contributed by atoms with Crippen LogP contribution in [0.3, 0.4) is 0 Å². The van der Waals surface area contributed by atoms with Crippen molar-refractivity contribution in [3.8, 4) is 0 Å². The zero-order valence-corrected chi connectivity index (χ0v) is 8.11. The van der Waals surface area contributed by atoms with E-state index in [0.29, 0.717) is 11.5 Å². The number of nitrogens with one attached hydrogen (secondary N) is 1. The maximum absolute atomic E-state index is 3.57. The Morgan fingerprint density at radius 3 is 2.45 bits per heavy atom. The van der Waals surface area contributed by atoms with Gasteiger partial charge in [-0.1, -0.05) is 20.3 Å². The summed E-state index contributed by atoms with van der Waals surface area (Å²) < 4.78 is 0. The molecule has 1 aliphatic carbocycles. The van der Waals surface area contributed by atoms with Crippen molar-refractivity contribution in [3.63, 3.8) is 0 Å². The molecule has 1 unspecified atom stereocenters. The van der Waals surface area contributed by atoms with Gasteiger partial charge in [-0.15, -0.1) is 0 Å². The average molecular weight is 155 g/mol. The molecule has 1 fully saturated rings. The molecule has 0 aliphatic heterocycles. The molecule has 1 heteroatoms. The van der Waals surface area contributed by atoms with Crippen molar-refractivity contribution < 1.29 is 0 Å². The maximum atomic E-state index is 3.57. The van der Waals surface area contributed by atoms with Crippen LogP contribution in [0.5, 0.6) is 0 Å². The fraction of sp³-hybridized carbons (Fsp3) is 1.00. The summed E-state index contributed by atoms with van der Waals surface area (Å²) >= 11 is 0. The quantitative estimate of drug-likeness (QED) is 0.658. The summed E-state index contributed by atoms with van der Waals surface area (Å²) in [6, 6.07) is 0.701. The summed E-state index contributed by atoms with van der Waals surface area (Å²) in [5, 5.41) is 3.57. The monoisotopic (exact) mass is 155 g/mol. The topological polar surface area (TPSA) is 12.0 Å². The smallest absolute Gasteiger partial charge is 0.00363 e. The van der Waals surface area contributed by atoms with E-state index < -0.39 is 0 Å². The number of hydrogen-bond acceptors (Lipinski definition) is 1. The highest BCUT2D eigenvalue weighted by molar-refractivity contribution is 4.85. The Kier molecular flexibility index (Phi) is 2.94. The fourth-order valence-electron chi connectivity index (χ4n) is 1.52. The van der Waals surface area contributed by atoms with Crippen LogP contribution in [0.1, 0.15) is 46.5 Å². The van der Waals surface area contributed by atoms with Gasteiger partial charge in [-0.05, 0) is 31.6 Å². The third-order valence-corrected chi connectivity index (χ3v) is 3.05. The van der Waals surface area contributed by atoms with E-state index in [1.807, 2.05) is 0 Å². The lowest BCUT2D eigenvalue weighted by Crippen LogP contribution is -2.40. The van der Waals surface area contributed by atoms with Gasteiger partial charge < -0.3 is 5.32 Å². The Hall–Kier alpha value is -0.0400. The van der Waals surface area contributed by atoms with Gasteiger partial charge >= 0.3 is 0 Å². The van der Waals surface area contributed by atoms with E-state index >= 15 is 0 Å². The summed E-state index contributed by atoms with van der Waals surface area (Å²) in [4.78, 5) is 0. The SMILES string of the molecule is CCC(C)NCC1(C)CCC1. The van der Waals surface area contributed by atoms with E-state index in [0.717, 1.165) is 0 Å². The molecule has 1 N–H and O–H groups in total. The standard InChI is InChI=1S/C10H21N/c1-4-9(2)11-8-10(3)6-5-7-10/h9,11H,4-8H2,1-3H3. The van der Waals surface area contributed by atoms with Gasteiger partial charge in [-0.3, -0.25) is 0 Å². The van der Waals surface area contributed by atoms with E-state index in [1.165, 1.54) is 32.2 Å². The summed E-state index contributed by atoms with van der Waals surface area (Å²) in [5.41, 5.74) is 0.642. The van der Waals surface area contributed by atoms with Gasteiger partial charge in [-0.2, -0.15) is 0 Å². The Bertz CT molecular complexity index is 116. The van der Waals surface area contributed by atoms with Gasteiger partial charge in [0, 0.05) is 12.6 Å². The van der Waals surface area contributed by atoms with Crippen molar-refractivity contribution in [2.24, 2.45) is 5.41 Å². The molecule has 0 amide bonds. The molecule has 1 saturated carbocycles. The largest absolute Gasteiger partial charge is 0.314 e. The van der Waals surface area contributed by atoms with E-state index in [1.54, 1.807) is 0 Å². The normalized spacial score (nSPS) is 24.3. The highest BCUT2D eigenvalue weighted by Crippen LogP contribution is 2.39. The maximum Gasteiger partial charge on any atom is 0.00363 e. The predicted molar refractivity (Wildman–Crippen MR) is 49.7 cm³/mol. The summed E-state index contributed by atoms with van der Waals surface area (Å²) in [5.74, 6) is 0. The van der Waals surface area contributed by atoms with Gasteiger partial charge in [0.2, 0.25) is 0 Å². The zero-order chi connectivity index (χ0) is 8.32. The molecule has 1 rings (SSSR count). The van der Waals surface area contributed by atoms with E-state index in [9.17, 15) is 0 Å². The van der Waals surface area contributed by atoms with Crippen LogP contribution in [0.2, 0.25) is 0 Å². The molecule has 1 atom stereocenters. The Morgan fingerprint density at radius 1 is 1.45 bits per heavy atom. The Labute approximate surface area is 70.6 Å². The van der Waals surface area contributed by atoms with Crippen molar-refractivity contribution in [1.29, 1.82) is 0 Å². The molecule has 0 radical (unpaired) electrons. The van der Waals surface area contributed by atoms with Crippen LogP contribution in [0.25, 0.3) is 0 Å². The van der Waals surface area contributed by atoms with Crippen molar-refractivity contribution in [1.82, 2.24) is 5.32 Å². The molecule has 0 aromatic carbocycles. The molecule has 1 aliphatic rings. The highest BCUT2D eigenvalue weighted by Gasteiger charge is 2.31. The van der Waals surface area contributed by atoms with Crippen molar-refractivity contribution >= 4 is 0 Å². The third-order valence-electron chi connectivity index (χ3n) is 3.05. The second-order valence-corrected chi connectivity index (χ2v) is 4.35. The minimum atomic E-state index is 0.642. The molecule has 0 aromatic heterocycles. The molecule has 0 spiro atoms. The van der Waals surface area contributed by atoms with E-state index in [4.69, 9.17) is 0 Å². The van der Waals surface area contributed by atoms with Gasteiger partial charge in [0.15, 0.2) is 0 Å². The van der Waals surface area contributed by atoms with Crippen LogP contribution in [-0.4, -0.2) is 12.6 Å². The van der Waals surface area contributed by atoms with Crippen molar-refractivity contribution in [2.75, 3.05) is 6.54 Å². The van der Waals surface area contributed by atoms with Crippen molar-refractivity contribution in [2.45, 2.75) is 52.5 Å². The zero-order valence-electron chi connectivity index (χ0n) is 8.11. The van der Waals surface area contributed by atoms with E-state index in [2.05, 4.69) is 26.1 Å². The molecular formula is C10H21N. The molecular weight excluding hydrogens is 134 g/mol. The number of rotatable bonds is 4. The number of hydrogen-bond donors (Lipinski definition) is 1. The van der Waals surface area contributed by atoms with Gasteiger partial charge in [0.1, 0.15) is 0 Å². The first-order valence-electron chi connectivity index (χ1n) is 4.90. The molecule has 0 aromatic rings. The Balaban J connectivity index is 2.11. The molecule has 1 nitrogen and oxygen atoms in total. The average Bonchev–Trinajstić information content (AvgIpc) is 1.96. The molecule has 0 heterocycles. The molecule has 0 saturated heterocycles. The van der Waals surface area contributed by atoms with Crippen LogP contribution in [-0.2, 0) is 0 Å². The molecule has 11 heavy (non-hydrogen) atoms. The van der Waals surface area contributed by atoms with Crippen LogP contribution >= 0.6 is 0 Å². The van der Waals surface area contributed by atoms with Crippen LogP contribution < -0.4 is 5.32 Å². The first kappa shape index (κ1) is 9.05. The first-order chi connectivity index (χ1) is 5.16. The first-order valence-corrected chi connectivity index (χ1v) is 4.90. The van der Waals surface area contributed by atoms with Gasteiger partial charge in [-0.25, -0.2) is 0 Å². The summed E-state index contributed by atoms with van der Waals surface area (Å²) in [7, 11) is 0. The molecule has 66 valence electrons. The minimum absolute atomic E-state index is 0.642. The fourth-order valence-corrected chi connectivity index (χ4v) is 1.52. The van der Waals surface area contributed by atoms with Gasteiger partial charge in [0.05, 0.1) is 0 Å². The van der Waals surface area contributed by atoms with Crippen LogP contribution in [0.4, 0.5) is 0 Å². The molecule has 0 bridgehead atoms. The van der Waals surface area contributed by atoms with Crippen molar-refractivity contribution in [3.05, 3.63) is 0 Å². The lowest BCUT2D eigenvalue weighted by atomic mass is 9.70. The lowest BCUT2D eigenvalue weighted by Gasteiger charge is -2.39. The Morgan fingerprint density at radius 2 is 2.09 bits per heavy atom. The second-order valence-electron chi connectivity index (χ2n) is 4.35. The van der Waals surface area contributed by atoms with Gasteiger partial charge in [0.25, 0.3) is 0 Å². The predicted octanol–water partition coefficient (Wildman–Crippen LogP) is 2.56.